The van der Waals surface area contributed by atoms with E-state index in [1.807, 2.05) is 0 Å². The molecule has 5 N–H and O–H groups in total. The van der Waals surface area contributed by atoms with E-state index in [1.54, 1.807) is 22.8 Å². The first kappa shape index (κ1) is 28.9. The van der Waals surface area contributed by atoms with E-state index in [9.17, 15) is 23.9 Å². The minimum absolute atomic E-state index is 0.0245. The van der Waals surface area contributed by atoms with Crippen LogP contribution in [0.4, 0.5) is 5.82 Å². The Kier molecular flexibility index (Phi) is 7.92. The van der Waals surface area contributed by atoms with Crippen molar-refractivity contribution in [1.29, 1.82) is 0 Å². The summed E-state index contributed by atoms with van der Waals surface area (Å²) in [5, 5.41) is 13.0. The Bertz CT molecular complexity index is 1510. The molecule has 1 saturated heterocycles. The molecule has 8 atom stereocenters. The van der Waals surface area contributed by atoms with Gasteiger partial charge in [0.15, 0.2) is 11.5 Å². The van der Waals surface area contributed by atoms with E-state index in [2.05, 4.69) is 24.8 Å². The Balaban J connectivity index is 1.23. The highest BCUT2D eigenvalue weighted by Gasteiger charge is 2.65. The van der Waals surface area contributed by atoms with Crippen LogP contribution in [0.15, 0.2) is 36.7 Å². The molecule has 1 aromatic carbocycles. The molecule has 19 heteroatoms. The van der Waals surface area contributed by atoms with Crippen molar-refractivity contribution in [3.63, 3.8) is 0 Å². The highest BCUT2D eigenvalue weighted by molar-refractivity contribution is 7.63. The lowest BCUT2D eigenvalue weighted by Crippen LogP contribution is -2.34. The second-order valence-electron chi connectivity index (χ2n) is 9.02. The number of aliphatic hydroxyl groups is 1. The van der Waals surface area contributed by atoms with Crippen LogP contribution in [0, 0.1) is 5.92 Å². The molecule has 5 rings (SSSR count). The number of para-hydroxylation sites is 1. The highest BCUT2D eigenvalue weighted by Crippen LogP contribution is 2.61. The number of hydrogen-bond donors (Lipinski definition) is 4. The molecule has 1 aliphatic carbocycles. The second-order valence-corrected chi connectivity index (χ2v) is 12.6. The van der Waals surface area contributed by atoms with Crippen LogP contribution in [0.2, 0.25) is 5.28 Å². The molecule has 0 amide bonds. The van der Waals surface area contributed by atoms with E-state index < -0.39 is 58.4 Å². The molecule has 3 aromatic rings. The molecule has 0 spiro atoms. The van der Waals surface area contributed by atoms with Crippen LogP contribution in [0.5, 0.6) is 5.75 Å². The number of benzene rings is 1. The zero-order valence-electron chi connectivity index (χ0n) is 20.9. The van der Waals surface area contributed by atoms with Crippen molar-refractivity contribution in [2.45, 2.75) is 37.3 Å². The number of phosphoric acid groups is 1. The Labute approximate surface area is 231 Å². The van der Waals surface area contributed by atoms with Gasteiger partial charge in [-0.2, -0.15) is 19.4 Å². The predicted octanol–water partition coefficient (Wildman–Crippen LogP) is 1.83. The molecule has 0 bridgehead atoms. The lowest BCUT2D eigenvalue weighted by Gasteiger charge is -2.25. The van der Waals surface area contributed by atoms with Gasteiger partial charge in [-0.05, 0) is 30.7 Å². The summed E-state index contributed by atoms with van der Waals surface area (Å²) in [6.07, 6.45) is -1.11. The number of esters is 1. The van der Waals surface area contributed by atoms with Gasteiger partial charge in [0, 0.05) is 5.92 Å². The summed E-state index contributed by atoms with van der Waals surface area (Å²) in [6.45, 7) is 0.709. The molecule has 7 unspecified atom stereocenters. The number of nitrogens with zero attached hydrogens (tertiary/aromatic N) is 4. The number of halogens is 1. The van der Waals surface area contributed by atoms with Gasteiger partial charge in [-0.1, -0.05) is 18.2 Å². The quantitative estimate of drug-likeness (QED) is 0.137. The molecule has 2 aliphatic rings. The van der Waals surface area contributed by atoms with Gasteiger partial charge in [-0.3, -0.25) is 9.32 Å². The van der Waals surface area contributed by atoms with Crippen LogP contribution in [-0.2, 0) is 32.2 Å². The first-order valence-corrected chi connectivity index (χ1v) is 15.2. The molecule has 0 radical (unpaired) electrons. The van der Waals surface area contributed by atoms with Crippen molar-refractivity contribution < 1.29 is 46.8 Å². The fourth-order valence-corrected chi connectivity index (χ4v) is 7.61. The van der Waals surface area contributed by atoms with Crippen LogP contribution in [0.25, 0.3) is 11.2 Å². The average molecular weight is 619 g/mol. The lowest BCUT2D eigenvalue weighted by atomic mass is 10.1. The van der Waals surface area contributed by atoms with Gasteiger partial charge >= 0.3 is 21.5 Å². The zero-order valence-corrected chi connectivity index (χ0v) is 23.5. The zero-order chi connectivity index (χ0) is 28.8. The molecular weight excluding hydrogens is 594 g/mol. The number of nitrogens with two attached hydrogens (primary N) is 1. The van der Waals surface area contributed by atoms with Gasteiger partial charge in [0.1, 0.15) is 23.4 Å². The maximum atomic E-state index is 13.4. The van der Waals surface area contributed by atoms with Crippen LogP contribution in [0.1, 0.15) is 13.0 Å². The van der Waals surface area contributed by atoms with E-state index in [0.29, 0.717) is 11.2 Å². The third-order valence-electron chi connectivity index (χ3n) is 6.31. The fraction of sp³-hybridized carbons (Fsp3) is 0.429. The number of rotatable bonds is 11. The smallest absolute Gasteiger partial charge is 0.468 e. The van der Waals surface area contributed by atoms with Crippen molar-refractivity contribution in [1.82, 2.24) is 24.6 Å². The van der Waals surface area contributed by atoms with Gasteiger partial charge in [0.25, 0.3) is 0 Å². The number of aliphatic hydroxyl groups excluding tert-OH is 1. The number of carbonyl (C=O) groups excluding carboxylic acids is 1. The Morgan fingerprint density at radius 1 is 1.30 bits per heavy atom. The molecular formula is C21H25ClN6O10P2. The molecule has 216 valence electrons. The minimum atomic E-state index is -5.09. The molecule has 2 fully saturated rings. The minimum Gasteiger partial charge on any atom is -0.468 e. The molecule has 40 heavy (non-hydrogen) atoms. The summed E-state index contributed by atoms with van der Waals surface area (Å²) >= 11 is 5.92. The third-order valence-corrected chi connectivity index (χ3v) is 9.79. The van der Waals surface area contributed by atoms with E-state index in [1.165, 1.54) is 25.4 Å². The van der Waals surface area contributed by atoms with Gasteiger partial charge in [0.05, 0.1) is 38.3 Å². The Hall–Kier alpha value is -2.65. The standard InChI is InChI=1S/C21H25ClN6O10P2/c1-10(20(30)34-2)27-39(31,37-11-6-4-3-5-7-11)38-40(32,33)35-8-12-16(29)13-15(17(13)36-12)28-9-24-14-18(23)25-21(22)26-19(14)28/h3-7,9-10,12-13,15-17,29H,8H2,1-2H3,(H,27,31)(H,32,33)(H2,23,25,26)/t10-,12?,13?,15?,16?,17?,39?/m0/s1. The average Bonchev–Trinajstić information content (AvgIpc) is 3.25. The number of fused-ring (bicyclic) bond motifs is 2. The van der Waals surface area contributed by atoms with Crippen LogP contribution in [-0.4, -0.2) is 73.6 Å². The van der Waals surface area contributed by atoms with Gasteiger partial charge < -0.3 is 34.3 Å². The number of carbonyl (C=O) groups is 1. The summed E-state index contributed by atoms with van der Waals surface area (Å²) in [5.41, 5.74) is 6.56. The van der Waals surface area contributed by atoms with Crippen LogP contribution < -0.4 is 15.3 Å². The number of methoxy groups -OCH3 is 1. The fourth-order valence-electron chi connectivity index (χ4n) is 4.48. The molecule has 2 aromatic heterocycles. The van der Waals surface area contributed by atoms with E-state index in [4.69, 9.17) is 35.4 Å². The van der Waals surface area contributed by atoms with Crippen LogP contribution in [0.3, 0.4) is 0 Å². The van der Waals surface area contributed by atoms with Crippen molar-refractivity contribution in [3.8, 4) is 5.75 Å². The number of anilines is 1. The summed E-state index contributed by atoms with van der Waals surface area (Å²) in [4.78, 5) is 34.4. The molecule has 1 aliphatic heterocycles. The monoisotopic (exact) mass is 618 g/mol. The van der Waals surface area contributed by atoms with Gasteiger partial charge in [0.2, 0.25) is 5.28 Å². The van der Waals surface area contributed by atoms with Crippen molar-refractivity contribution >= 4 is 50.1 Å². The van der Waals surface area contributed by atoms with Crippen molar-refractivity contribution in [2.24, 2.45) is 5.92 Å². The van der Waals surface area contributed by atoms with Crippen LogP contribution >= 0.6 is 27.2 Å². The van der Waals surface area contributed by atoms with Gasteiger partial charge in [-0.15, -0.1) is 0 Å². The highest BCUT2D eigenvalue weighted by atomic mass is 35.5. The third kappa shape index (κ3) is 5.86. The Morgan fingerprint density at radius 3 is 2.67 bits per heavy atom. The second kappa shape index (κ2) is 11.0. The largest absolute Gasteiger partial charge is 0.481 e. The predicted molar refractivity (Wildman–Crippen MR) is 138 cm³/mol. The summed E-state index contributed by atoms with van der Waals surface area (Å²) in [5.74, 6) is -1.10. The number of phosphoric ester groups is 1. The molecule has 1 saturated carbocycles. The number of ether oxygens (including phenoxy) is 2. The topological polar surface area (TPSA) is 219 Å². The van der Waals surface area contributed by atoms with E-state index in [-0.39, 0.29) is 22.9 Å². The first-order chi connectivity index (χ1) is 18.9. The molecule has 16 nitrogen and oxygen atoms in total. The number of hydrogen-bond acceptors (Lipinski definition) is 13. The van der Waals surface area contributed by atoms with Crippen molar-refractivity contribution in [2.75, 3.05) is 19.5 Å². The van der Waals surface area contributed by atoms with E-state index >= 15 is 0 Å². The summed E-state index contributed by atoms with van der Waals surface area (Å²) in [6, 6.07) is 6.07. The normalized spacial score (nSPS) is 27.4. The SMILES string of the molecule is COC(=O)[C@H](C)NP(=O)(Oc1ccccc1)OP(=O)(O)OCC1OC2C(C1O)C2n1cnc2c(N)nc(Cl)nc21. The maximum absolute atomic E-state index is 13.4. The number of nitrogens with one attached hydrogen (secondary N) is 1. The Morgan fingerprint density at radius 2 is 2.02 bits per heavy atom. The number of imidazole rings is 1. The number of nitrogen functional groups attached to an aromatic ring is 1. The first-order valence-electron chi connectivity index (χ1n) is 11.8. The summed E-state index contributed by atoms with van der Waals surface area (Å²) < 4.78 is 53.4. The van der Waals surface area contributed by atoms with Gasteiger partial charge in [-0.25, -0.2) is 14.1 Å². The molecule has 3 heterocycles. The number of aromatic nitrogens is 4. The lowest BCUT2D eigenvalue weighted by molar-refractivity contribution is -0.142. The van der Waals surface area contributed by atoms with Crippen molar-refractivity contribution in [3.05, 3.63) is 41.9 Å². The van der Waals surface area contributed by atoms with E-state index in [0.717, 1.165) is 7.11 Å². The maximum Gasteiger partial charge on any atom is 0.481 e. The summed E-state index contributed by atoms with van der Waals surface area (Å²) in [7, 11) is -8.66.